The standard InChI is InChI=1S/C16H12ClFO3/c1-20-9-5-6-14-10(7-9)13(19)8-15(21-14)16-11(17)3-2-4-12(16)18/h2-7,15H,8H2,1H3. The number of ketones is 1. The van der Waals surface area contributed by atoms with E-state index in [1.54, 1.807) is 24.3 Å². The number of halogens is 2. The topological polar surface area (TPSA) is 35.5 Å². The Hall–Kier alpha value is -2.07. The Morgan fingerprint density at radius 1 is 1.33 bits per heavy atom. The molecule has 108 valence electrons. The second kappa shape index (κ2) is 5.37. The number of Topliss-reactive ketones (excluding diaryl/α,β-unsaturated/α-hetero) is 1. The van der Waals surface area contributed by atoms with E-state index in [4.69, 9.17) is 21.1 Å². The molecule has 1 aliphatic heterocycles. The van der Waals surface area contributed by atoms with Crippen LogP contribution in [0.5, 0.6) is 11.5 Å². The van der Waals surface area contributed by atoms with Crippen molar-refractivity contribution in [2.45, 2.75) is 12.5 Å². The van der Waals surface area contributed by atoms with Crippen LogP contribution in [0.1, 0.15) is 28.4 Å². The summed E-state index contributed by atoms with van der Waals surface area (Å²) < 4.78 is 24.8. The lowest BCUT2D eigenvalue weighted by molar-refractivity contribution is 0.0845. The van der Waals surface area contributed by atoms with Gasteiger partial charge in [-0.2, -0.15) is 0 Å². The fourth-order valence-electron chi connectivity index (χ4n) is 2.41. The third-order valence-electron chi connectivity index (χ3n) is 3.45. The molecular formula is C16H12ClFO3. The van der Waals surface area contributed by atoms with Gasteiger partial charge in [0.05, 0.1) is 24.1 Å². The van der Waals surface area contributed by atoms with Gasteiger partial charge in [0.15, 0.2) is 5.78 Å². The van der Waals surface area contributed by atoms with Crippen molar-refractivity contribution >= 4 is 17.4 Å². The third-order valence-corrected chi connectivity index (χ3v) is 3.78. The van der Waals surface area contributed by atoms with Crippen molar-refractivity contribution in [3.05, 3.63) is 58.4 Å². The minimum absolute atomic E-state index is 0.0425. The molecule has 0 spiro atoms. The Morgan fingerprint density at radius 3 is 2.86 bits per heavy atom. The number of ether oxygens (including phenoxy) is 2. The van der Waals surface area contributed by atoms with Gasteiger partial charge in [0, 0.05) is 5.56 Å². The molecule has 3 nitrogen and oxygen atoms in total. The highest BCUT2D eigenvalue weighted by atomic mass is 35.5. The number of rotatable bonds is 2. The maximum absolute atomic E-state index is 14.0. The molecule has 1 aliphatic rings. The molecule has 0 N–H and O–H groups in total. The van der Waals surface area contributed by atoms with E-state index >= 15 is 0 Å². The van der Waals surface area contributed by atoms with Gasteiger partial charge >= 0.3 is 0 Å². The minimum Gasteiger partial charge on any atom is -0.497 e. The lowest BCUT2D eigenvalue weighted by Gasteiger charge is -2.26. The summed E-state index contributed by atoms with van der Waals surface area (Å²) in [6.45, 7) is 0. The number of benzene rings is 2. The highest BCUT2D eigenvalue weighted by Crippen LogP contribution is 2.39. The van der Waals surface area contributed by atoms with Gasteiger partial charge in [-0.1, -0.05) is 17.7 Å². The highest BCUT2D eigenvalue weighted by molar-refractivity contribution is 6.31. The molecule has 21 heavy (non-hydrogen) atoms. The van der Waals surface area contributed by atoms with Crippen LogP contribution in [0.2, 0.25) is 5.02 Å². The average Bonchev–Trinajstić information content (AvgIpc) is 2.47. The van der Waals surface area contributed by atoms with Crippen molar-refractivity contribution in [1.82, 2.24) is 0 Å². The van der Waals surface area contributed by atoms with E-state index in [9.17, 15) is 9.18 Å². The third kappa shape index (κ3) is 2.47. The molecule has 1 atom stereocenters. The van der Waals surface area contributed by atoms with Gasteiger partial charge in [-0.25, -0.2) is 4.39 Å². The molecule has 0 saturated carbocycles. The van der Waals surface area contributed by atoms with E-state index in [0.29, 0.717) is 17.1 Å². The summed E-state index contributed by atoms with van der Waals surface area (Å²) in [6, 6.07) is 9.36. The summed E-state index contributed by atoms with van der Waals surface area (Å²) in [6.07, 6.45) is -0.673. The van der Waals surface area contributed by atoms with Crippen molar-refractivity contribution in [1.29, 1.82) is 0 Å². The van der Waals surface area contributed by atoms with Gasteiger partial charge in [0.2, 0.25) is 0 Å². The van der Waals surface area contributed by atoms with E-state index in [1.807, 2.05) is 0 Å². The summed E-state index contributed by atoms with van der Waals surface area (Å²) in [7, 11) is 1.53. The molecule has 0 amide bonds. The maximum Gasteiger partial charge on any atom is 0.170 e. The SMILES string of the molecule is COc1ccc2c(c1)C(=O)CC(c1c(F)cccc1Cl)O2. The van der Waals surface area contributed by atoms with E-state index in [-0.39, 0.29) is 22.8 Å². The second-order valence-corrected chi connectivity index (χ2v) is 5.14. The zero-order chi connectivity index (χ0) is 15.0. The van der Waals surface area contributed by atoms with E-state index in [2.05, 4.69) is 0 Å². The van der Waals surface area contributed by atoms with Crippen molar-refractivity contribution in [3.63, 3.8) is 0 Å². The number of fused-ring (bicyclic) bond motifs is 1. The van der Waals surface area contributed by atoms with Crippen LogP contribution >= 0.6 is 11.6 Å². The molecule has 3 rings (SSSR count). The van der Waals surface area contributed by atoms with Gasteiger partial charge < -0.3 is 9.47 Å². The summed E-state index contributed by atoms with van der Waals surface area (Å²) in [5.41, 5.74) is 0.659. The fraction of sp³-hybridized carbons (Fsp3) is 0.188. The van der Waals surface area contributed by atoms with Gasteiger partial charge in [-0.15, -0.1) is 0 Å². The van der Waals surface area contributed by atoms with Crippen LogP contribution in [0.3, 0.4) is 0 Å². The number of carbonyl (C=O) groups is 1. The molecule has 0 bridgehead atoms. The van der Waals surface area contributed by atoms with Crippen molar-refractivity contribution < 1.29 is 18.7 Å². The molecule has 2 aromatic rings. The Balaban J connectivity index is 2.01. The maximum atomic E-state index is 14.0. The van der Waals surface area contributed by atoms with Crippen molar-refractivity contribution in [2.75, 3.05) is 7.11 Å². The Bertz CT molecular complexity index is 694. The fourth-order valence-corrected chi connectivity index (χ4v) is 2.69. The van der Waals surface area contributed by atoms with Gasteiger partial charge in [-0.05, 0) is 30.3 Å². The van der Waals surface area contributed by atoms with Crippen LogP contribution in [0, 0.1) is 5.82 Å². The Kier molecular flexibility index (Phi) is 3.55. The van der Waals surface area contributed by atoms with E-state index in [1.165, 1.54) is 19.2 Å². The van der Waals surface area contributed by atoms with Gasteiger partial charge in [-0.3, -0.25) is 4.79 Å². The number of methoxy groups -OCH3 is 1. The first kappa shape index (κ1) is 13.9. The Labute approximate surface area is 126 Å². The molecule has 0 radical (unpaired) electrons. The summed E-state index contributed by atoms with van der Waals surface area (Å²) in [4.78, 5) is 12.3. The summed E-state index contributed by atoms with van der Waals surface area (Å²) >= 11 is 6.03. The van der Waals surface area contributed by atoms with Crippen molar-refractivity contribution in [2.24, 2.45) is 0 Å². The quantitative estimate of drug-likeness (QED) is 0.834. The zero-order valence-electron chi connectivity index (χ0n) is 11.2. The predicted octanol–water partition coefficient (Wildman–Crippen LogP) is 4.19. The zero-order valence-corrected chi connectivity index (χ0v) is 12.0. The lowest BCUT2D eigenvalue weighted by Crippen LogP contribution is -2.21. The monoisotopic (exact) mass is 306 g/mol. The first-order valence-electron chi connectivity index (χ1n) is 6.42. The highest BCUT2D eigenvalue weighted by Gasteiger charge is 2.31. The summed E-state index contributed by atoms with van der Waals surface area (Å²) in [5, 5.41) is 0.254. The Morgan fingerprint density at radius 2 is 2.14 bits per heavy atom. The predicted molar refractivity (Wildman–Crippen MR) is 76.7 cm³/mol. The smallest absolute Gasteiger partial charge is 0.170 e. The minimum atomic E-state index is -0.716. The van der Waals surface area contributed by atoms with Crippen LogP contribution in [-0.2, 0) is 0 Å². The number of hydrogen-bond acceptors (Lipinski definition) is 3. The van der Waals surface area contributed by atoms with Crippen LogP contribution in [0.25, 0.3) is 0 Å². The lowest BCUT2D eigenvalue weighted by atomic mass is 9.96. The molecule has 0 saturated heterocycles. The first-order valence-corrected chi connectivity index (χ1v) is 6.79. The average molecular weight is 307 g/mol. The van der Waals surface area contributed by atoms with Crippen LogP contribution in [-0.4, -0.2) is 12.9 Å². The summed E-state index contributed by atoms with van der Waals surface area (Å²) in [5.74, 6) is 0.390. The molecule has 1 unspecified atom stereocenters. The number of hydrogen-bond donors (Lipinski definition) is 0. The molecular weight excluding hydrogens is 295 g/mol. The van der Waals surface area contributed by atoms with Gasteiger partial charge in [0.1, 0.15) is 23.4 Å². The molecule has 0 aliphatic carbocycles. The number of carbonyl (C=O) groups excluding carboxylic acids is 1. The molecule has 0 aromatic heterocycles. The normalized spacial score (nSPS) is 17.1. The van der Waals surface area contributed by atoms with Crippen LogP contribution in [0.4, 0.5) is 4.39 Å². The largest absolute Gasteiger partial charge is 0.497 e. The van der Waals surface area contributed by atoms with Crippen LogP contribution in [0.15, 0.2) is 36.4 Å². The molecule has 0 fully saturated rings. The first-order chi connectivity index (χ1) is 10.1. The molecule has 1 heterocycles. The van der Waals surface area contributed by atoms with E-state index < -0.39 is 11.9 Å². The molecule has 2 aromatic carbocycles. The van der Waals surface area contributed by atoms with Crippen LogP contribution < -0.4 is 9.47 Å². The second-order valence-electron chi connectivity index (χ2n) is 4.73. The van der Waals surface area contributed by atoms with Gasteiger partial charge in [0.25, 0.3) is 0 Å². The van der Waals surface area contributed by atoms with Crippen molar-refractivity contribution in [3.8, 4) is 11.5 Å². The van der Waals surface area contributed by atoms with E-state index in [0.717, 1.165) is 0 Å². The molecule has 5 heteroatoms.